The Morgan fingerprint density at radius 1 is 1.40 bits per heavy atom. The van der Waals surface area contributed by atoms with E-state index in [4.69, 9.17) is 0 Å². The number of benzene rings is 1. The maximum absolute atomic E-state index is 12.0. The lowest BCUT2D eigenvalue weighted by Gasteiger charge is -2.22. The van der Waals surface area contributed by atoms with Gasteiger partial charge in [0, 0.05) is 24.2 Å². The molecule has 1 saturated carbocycles. The normalized spacial score (nSPS) is 16.9. The second-order valence-corrected chi connectivity index (χ2v) is 5.43. The van der Waals surface area contributed by atoms with E-state index >= 15 is 0 Å². The molecule has 0 heterocycles. The summed E-state index contributed by atoms with van der Waals surface area (Å²) in [7, 11) is 0. The Balaban J connectivity index is 2.07. The Bertz CT molecular complexity index is 536. The molecule has 20 heavy (non-hydrogen) atoms. The van der Waals surface area contributed by atoms with Crippen molar-refractivity contribution in [2.24, 2.45) is 0 Å². The highest BCUT2D eigenvalue weighted by Crippen LogP contribution is 2.28. The van der Waals surface area contributed by atoms with Crippen LogP contribution in [0.1, 0.15) is 41.6 Å². The molecular weight excluding hydrogens is 260 g/mol. The quantitative estimate of drug-likeness (QED) is 0.650. The molecule has 0 unspecified atom stereocenters. The smallest absolute Gasteiger partial charge is 0.270 e. The number of non-ortho nitro benzene ring substituents is 1. The molecule has 0 radical (unpaired) electrons. The summed E-state index contributed by atoms with van der Waals surface area (Å²) in [4.78, 5) is 22.3. The van der Waals surface area contributed by atoms with Crippen LogP contribution in [0.4, 0.5) is 5.69 Å². The lowest BCUT2D eigenvalue weighted by atomic mass is 10.0. The number of nitro benzene ring substituents is 1. The van der Waals surface area contributed by atoms with Gasteiger partial charge in [-0.15, -0.1) is 0 Å². The van der Waals surface area contributed by atoms with E-state index in [-0.39, 0.29) is 17.8 Å². The van der Waals surface area contributed by atoms with Gasteiger partial charge >= 0.3 is 0 Å². The van der Waals surface area contributed by atoms with E-state index in [9.17, 15) is 20.0 Å². The van der Waals surface area contributed by atoms with Crippen molar-refractivity contribution in [2.45, 2.75) is 38.2 Å². The number of hydrogen-bond acceptors (Lipinski definition) is 4. The van der Waals surface area contributed by atoms with E-state index in [1.807, 2.05) is 0 Å². The first-order valence-corrected chi connectivity index (χ1v) is 6.66. The summed E-state index contributed by atoms with van der Waals surface area (Å²) in [5, 5.41) is 23.6. The molecule has 0 aliphatic heterocycles. The topological polar surface area (TPSA) is 92.5 Å². The molecule has 1 aliphatic carbocycles. The van der Waals surface area contributed by atoms with Crippen LogP contribution in [-0.4, -0.2) is 28.1 Å². The summed E-state index contributed by atoms with van der Waals surface area (Å²) < 4.78 is 0. The lowest BCUT2D eigenvalue weighted by Crippen LogP contribution is -2.40. The van der Waals surface area contributed by atoms with Crippen LogP contribution >= 0.6 is 0 Å². The Kier molecular flexibility index (Phi) is 4.04. The van der Waals surface area contributed by atoms with Gasteiger partial charge in [-0.1, -0.05) is 12.8 Å². The molecule has 1 amide bonds. The number of aliphatic hydroxyl groups is 1. The average Bonchev–Trinajstić information content (AvgIpc) is 2.82. The first-order valence-electron chi connectivity index (χ1n) is 6.66. The molecule has 2 N–H and O–H groups in total. The Morgan fingerprint density at radius 3 is 2.65 bits per heavy atom. The van der Waals surface area contributed by atoms with Crippen LogP contribution in [0.25, 0.3) is 0 Å². The van der Waals surface area contributed by atoms with E-state index in [1.54, 1.807) is 13.0 Å². The van der Waals surface area contributed by atoms with Crippen molar-refractivity contribution < 1.29 is 14.8 Å². The Hall–Kier alpha value is -1.95. The van der Waals surface area contributed by atoms with Gasteiger partial charge in [-0.3, -0.25) is 14.9 Å². The average molecular weight is 278 g/mol. The van der Waals surface area contributed by atoms with Crippen LogP contribution in [0, 0.1) is 17.0 Å². The largest absolute Gasteiger partial charge is 0.388 e. The maximum atomic E-state index is 12.0. The molecule has 0 spiro atoms. The lowest BCUT2D eigenvalue weighted by molar-refractivity contribution is -0.384. The number of carbonyl (C=O) groups excluding carboxylic acids is 1. The number of nitrogens with zero attached hydrogens (tertiary/aromatic N) is 1. The summed E-state index contributed by atoms with van der Waals surface area (Å²) in [6.07, 6.45) is 3.28. The second kappa shape index (κ2) is 5.58. The number of hydrogen-bond donors (Lipinski definition) is 2. The van der Waals surface area contributed by atoms with Gasteiger partial charge in [0.15, 0.2) is 0 Å². The predicted octanol–water partition coefficient (Wildman–Crippen LogP) is 1.94. The van der Waals surface area contributed by atoms with Crippen molar-refractivity contribution in [1.29, 1.82) is 0 Å². The van der Waals surface area contributed by atoms with E-state index < -0.39 is 16.4 Å². The van der Waals surface area contributed by atoms with Crippen LogP contribution in [-0.2, 0) is 0 Å². The molecule has 6 nitrogen and oxygen atoms in total. The van der Waals surface area contributed by atoms with Crippen LogP contribution in [0.2, 0.25) is 0 Å². The molecule has 2 rings (SSSR count). The predicted molar refractivity (Wildman–Crippen MR) is 73.6 cm³/mol. The molecule has 0 bridgehead atoms. The minimum atomic E-state index is -0.828. The highest BCUT2D eigenvalue weighted by Gasteiger charge is 2.31. The maximum Gasteiger partial charge on any atom is 0.270 e. The van der Waals surface area contributed by atoms with Crippen LogP contribution in [0.15, 0.2) is 18.2 Å². The fourth-order valence-electron chi connectivity index (χ4n) is 2.56. The highest BCUT2D eigenvalue weighted by molar-refractivity contribution is 5.95. The highest BCUT2D eigenvalue weighted by atomic mass is 16.6. The van der Waals surface area contributed by atoms with E-state index in [2.05, 4.69) is 5.32 Å². The zero-order chi connectivity index (χ0) is 14.8. The summed E-state index contributed by atoms with van der Waals surface area (Å²) >= 11 is 0. The van der Waals surface area contributed by atoms with Crippen molar-refractivity contribution in [1.82, 2.24) is 5.32 Å². The summed E-state index contributed by atoms with van der Waals surface area (Å²) in [6, 6.07) is 4.27. The van der Waals surface area contributed by atoms with Crippen molar-refractivity contribution in [3.05, 3.63) is 39.4 Å². The van der Waals surface area contributed by atoms with Gasteiger partial charge in [0.2, 0.25) is 0 Å². The molecule has 1 fully saturated rings. The van der Waals surface area contributed by atoms with Crippen molar-refractivity contribution >= 4 is 11.6 Å². The van der Waals surface area contributed by atoms with Gasteiger partial charge < -0.3 is 10.4 Å². The molecule has 1 aromatic carbocycles. The van der Waals surface area contributed by atoms with Crippen molar-refractivity contribution in [3.63, 3.8) is 0 Å². The van der Waals surface area contributed by atoms with E-state index in [1.165, 1.54) is 12.1 Å². The Labute approximate surface area is 117 Å². The SMILES string of the molecule is Cc1cc(C(=O)NCC2(O)CCCC2)cc([N+](=O)[O-])c1. The molecule has 0 saturated heterocycles. The number of amides is 1. The van der Waals surface area contributed by atoms with E-state index in [0.29, 0.717) is 18.4 Å². The third kappa shape index (κ3) is 3.33. The van der Waals surface area contributed by atoms with Crippen LogP contribution in [0.5, 0.6) is 0 Å². The van der Waals surface area contributed by atoms with Crippen molar-refractivity contribution in [2.75, 3.05) is 6.54 Å². The summed E-state index contributed by atoms with van der Waals surface area (Å²) in [5.74, 6) is -0.392. The standard InChI is InChI=1S/C14H18N2O4/c1-10-6-11(8-12(7-10)16(19)20)13(17)15-9-14(18)4-2-3-5-14/h6-8,18H,2-5,9H2,1H3,(H,15,17). The second-order valence-electron chi connectivity index (χ2n) is 5.43. The zero-order valence-corrected chi connectivity index (χ0v) is 11.4. The minimum Gasteiger partial charge on any atom is -0.388 e. The molecule has 108 valence electrons. The molecule has 6 heteroatoms. The number of nitrogens with one attached hydrogen (secondary N) is 1. The number of rotatable bonds is 4. The third-order valence-corrected chi connectivity index (χ3v) is 3.65. The van der Waals surface area contributed by atoms with Gasteiger partial charge in [0.25, 0.3) is 11.6 Å². The Morgan fingerprint density at radius 2 is 2.05 bits per heavy atom. The van der Waals surface area contributed by atoms with Gasteiger partial charge in [0.1, 0.15) is 0 Å². The molecule has 0 atom stereocenters. The third-order valence-electron chi connectivity index (χ3n) is 3.65. The number of nitro groups is 1. The van der Waals surface area contributed by atoms with Crippen LogP contribution < -0.4 is 5.32 Å². The molecular formula is C14H18N2O4. The fourth-order valence-corrected chi connectivity index (χ4v) is 2.56. The van der Waals surface area contributed by atoms with Gasteiger partial charge in [0.05, 0.1) is 10.5 Å². The minimum absolute atomic E-state index is 0.102. The fraction of sp³-hybridized carbons (Fsp3) is 0.500. The van der Waals surface area contributed by atoms with Gasteiger partial charge in [-0.2, -0.15) is 0 Å². The monoisotopic (exact) mass is 278 g/mol. The summed E-state index contributed by atoms with van der Waals surface area (Å²) in [6.45, 7) is 1.89. The van der Waals surface area contributed by atoms with Gasteiger partial charge in [-0.25, -0.2) is 0 Å². The molecule has 0 aromatic heterocycles. The number of aryl methyl sites for hydroxylation is 1. The number of carbonyl (C=O) groups is 1. The first-order chi connectivity index (χ1) is 9.39. The van der Waals surface area contributed by atoms with Gasteiger partial charge in [-0.05, 0) is 31.4 Å². The summed E-state index contributed by atoms with van der Waals surface area (Å²) in [5.41, 5.74) is -0.0252. The molecule has 1 aliphatic rings. The van der Waals surface area contributed by atoms with E-state index in [0.717, 1.165) is 12.8 Å². The van der Waals surface area contributed by atoms with Crippen molar-refractivity contribution in [3.8, 4) is 0 Å². The molecule has 1 aromatic rings. The first kappa shape index (κ1) is 14.5. The van der Waals surface area contributed by atoms with Crippen LogP contribution in [0.3, 0.4) is 0 Å². The zero-order valence-electron chi connectivity index (χ0n) is 11.4.